The second-order valence-electron chi connectivity index (χ2n) is 4.62. The van der Waals surface area contributed by atoms with Gasteiger partial charge in [-0.15, -0.1) is 0 Å². The summed E-state index contributed by atoms with van der Waals surface area (Å²) in [7, 11) is 0. The lowest BCUT2D eigenvalue weighted by Crippen LogP contribution is -2.03. The Morgan fingerprint density at radius 1 is 0.950 bits per heavy atom. The van der Waals surface area contributed by atoms with E-state index >= 15 is 0 Å². The first kappa shape index (κ1) is 12.6. The summed E-state index contributed by atoms with van der Waals surface area (Å²) in [4.78, 5) is 8.92. The van der Waals surface area contributed by atoms with Gasteiger partial charge in [0, 0.05) is 13.1 Å². The Kier molecular flexibility index (Phi) is 3.56. The highest BCUT2D eigenvalue weighted by molar-refractivity contribution is 5.75. The normalized spacial score (nSPS) is 10.7. The summed E-state index contributed by atoms with van der Waals surface area (Å²) < 4.78 is 0. The van der Waals surface area contributed by atoms with Crippen LogP contribution < -0.4 is 11.1 Å². The van der Waals surface area contributed by atoms with E-state index < -0.39 is 0 Å². The fourth-order valence-corrected chi connectivity index (χ4v) is 2.10. The van der Waals surface area contributed by atoms with E-state index in [4.69, 9.17) is 5.73 Å². The molecule has 0 amide bonds. The predicted octanol–water partition coefficient (Wildman–Crippen LogP) is 2.70. The molecule has 1 aromatic heterocycles. The van der Waals surface area contributed by atoms with Crippen molar-refractivity contribution in [3.63, 3.8) is 0 Å². The largest absolute Gasteiger partial charge is 0.365 e. The molecule has 0 saturated heterocycles. The number of fused-ring (bicyclic) bond motifs is 1. The molecular weight excluding hydrogens is 248 g/mol. The maximum Gasteiger partial charge on any atom is 0.145 e. The summed E-state index contributed by atoms with van der Waals surface area (Å²) in [5, 5.41) is 3.29. The molecule has 3 N–H and O–H groups in total. The van der Waals surface area contributed by atoms with Crippen LogP contribution in [0.15, 0.2) is 54.7 Å². The van der Waals surface area contributed by atoms with E-state index in [0.29, 0.717) is 13.1 Å². The second kappa shape index (κ2) is 5.67. The third-order valence-electron chi connectivity index (χ3n) is 3.15. The molecule has 0 spiro atoms. The third kappa shape index (κ3) is 2.75. The minimum Gasteiger partial charge on any atom is -0.365 e. The topological polar surface area (TPSA) is 63.8 Å². The van der Waals surface area contributed by atoms with Crippen molar-refractivity contribution in [1.82, 2.24) is 9.97 Å². The highest BCUT2D eigenvalue weighted by atomic mass is 15.0. The Bertz CT molecular complexity index is 724. The molecule has 0 saturated carbocycles. The van der Waals surface area contributed by atoms with E-state index in [1.165, 1.54) is 5.56 Å². The van der Waals surface area contributed by atoms with Gasteiger partial charge in [-0.05, 0) is 23.3 Å². The molecule has 0 unspecified atom stereocenters. The maximum absolute atomic E-state index is 5.65. The predicted molar refractivity (Wildman–Crippen MR) is 81.2 cm³/mol. The number of benzene rings is 2. The fourth-order valence-electron chi connectivity index (χ4n) is 2.10. The monoisotopic (exact) mass is 264 g/mol. The van der Waals surface area contributed by atoms with Crippen LogP contribution in [0.5, 0.6) is 0 Å². The van der Waals surface area contributed by atoms with Crippen molar-refractivity contribution < 1.29 is 0 Å². The standard InChI is InChI=1S/C16H16N4/c17-9-12-4-3-5-13(8-12)10-19-16-11-18-14-6-1-2-7-15(14)20-16/h1-8,11H,9-10,17H2,(H,19,20). The van der Waals surface area contributed by atoms with Crippen LogP contribution in [-0.2, 0) is 13.1 Å². The fraction of sp³-hybridized carbons (Fsp3) is 0.125. The Hall–Kier alpha value is -2.46. The first-order valence-corrected chi connectivity index (χ1v) is 6.59. The van der Waals surface area contributed by atoms with Gasteiger partial charge in [-0.2, -0.15) is 0 Å². The molecule has 3 aromatic rings. The first-order valence-electron chi connectivity index (χ1n) is 6.59. The van der Waals surface area contributed by atoms with Crippen molar-refractivity contribution in [3.8, 4) is 0 Å². The van der Waals surface area contributed by atoms with E-state index in [-0.39, 0.29) is 0 Å². The maximum atomic E-state index is 5.65. The van der Waals surface area contributed by atoms with Gasteiger partial charge in [-0.1, -0.05) is 36.4 Å². The lowest BCUT2D eigenvalue weighted by Gasteiger charge is -2.07. The van der Waals surface area contributed by atoms with Gasteiger partial charge in [0.05, 0.1) is 17.2 Å². The molecule has 20 heavy (non-hydrogen) atoms. The number of rotatable bonds is 4. The van der Waals surface area contributed by atoms with Crippen LogP contribution in [0, 0.1) is 0 Å². The zero-order valence-corrected chi connectivity index (χ0v) is 11.1. The van der Waals surface area contributed by atoms with Crippen molar-refractivity contribution in [2.45, 2.75) is 13.1 Å². The Morgan fingerprint density at radius 3 is 2.60 bits per heavy atom. The number of hydrogen-bond donors (Lipinski definition) is 2. The Labute approximate surface area is 117 Å². The molecule has 0 aliphatic carbocycles. The third-order valence-corrected chi connectivity index (χ3v) is 3.15. The van der Waals surface area contributed by atoms with Gasteiger partial charge < -0.3 is 11.1 Å². The van der Waals surface area contributed by atoms with Gasteiger partial charge in [0.25, 0.3) is 0 Å². The number of aromatic nitrogens is 2. The number of anilines is 1. The van der Waals surface area contributed by atoms with E-state index in [2.05, 4.69) is 27.4 Å². The number of para-hydroxylation sites is 2. The zero-order chi connectivity index (χ0) is 13.8. The van der Waals surface area contributed by atoms with Gasteiger partial charge in [-0.3, -0.25) is 4.98 Å². The van der Waals surface area contributed by atoms with Crippen LogP contribution in [0.1, 0.15) is 11.1 Å². The molecular formula is C16H16N4. The van der Waals surface area contributed by atoms with Crippen LogP contribution in [0.25, 0.3) is 11.0 Å². The number of nitrogens with one attached hydrogen (secondary N) is 1. The van der Waals surface area contributed by atoms with Crippen LogP contribution in [0.2, 0.25) is 0 Å². The summed E-state index contributed by atoms with van der Waals surface area (Å²) in [6, 6.07) is 16.1. The molecule has 0 bridgehead atoms. The van der Waals surface area contributed by atoms with Crippen molar-refractivity contribution >= 4 is 16.9 Å². The van der Waals surface area contributed by atoms with Crippen LogP contribution >= 0.6 is 0 Å². The highest BCUT2D eigenvalue weighted by Gasteiger charge is 2.00. The average molecular weight is 264 g/mol. The molecule has 4 nitrogen and oxygen atoms in total. The molecule has 3 rings (SSSR count). The van der Waals surface area contributed by atoms with Gasteiger partial charge in [0.2, 0.25) is 0 Å². The van der Waals surface area contributed by atoms with E-state index in [0.717, 1.165) is 22.4 Å². The van der Waals surface area contributed by atoms with Crippen LogP contribution in [0.3, 0.4) is 0 Å². The van der Waals surface area contributed by atoms with Crippen molar-refractivity contribution in [1.29, 1.82) is 0 Å². The van der Waals surface area contributed by atoms with Gasteiger partial charge >= 0.3 is 0 Å². The minimum absolute atomic E-state index is 0.559. The van der Waals surface area contributed by atoms with E-state index in [1.54, 1.807) is 6.20 Å². The molecule has 2 aromatic carbocycles. The molecule has 100 valence electrons. The Balaban J connectivity index is 1.76. The first-order chi connectivity index (χ1) is 9.85. The van der Waals surface area contributed by atoms with Crippen LogP contribution in [0.4, 0.5) is 5.82 Å². The number of hydrogen-bond acceptors (Lipinski definition) is 4. The molecule has 4 heteroatoms. The van der Waals surface area contributed by atoms with Crippen molar-refractivity contribution in [3.05, 3.63) is 65.9 Å². The zero-order valence-electron chi connectivity index (χ0n) is 11.1. The lowest BCUT2D eigenvalue weighted by atomic mass is 10.1. The molecule has 0 aliphatic rings. The summed E-state index contributed by atoms with van der Waals surface area (Å²) >= 11 is 0. The van der Waals surface area contributed by atoms with E-state index in [1.807, 2.05) is 36.4 Å². The Morgan fingerprint density at radius 2 is 1.75 bits per heavy atom. The smallest absolute Gasteiger partial charge is 0.145 e. The van der Waals surface area contributed by atoms with Crippen molar-refractivity contribution in [2.24, 2.45) is 5.73 Å². The lowest BCUT2D eigenvalue weighted by molar-refractivity contribution is 1.04. The van der Waals surface area contributed by atoms with Gasteiger partial charge in [0.1, 0.15) is 5.82 Å². The van der Waals surface area contributed by atoms with Gasteiger partial charge in [-0.25, -0.2) is 4.98 Å². The summed E-state index contributed by atoms with van der Waals surface area (Å²) in [5.41, 5.74) is 9.76. The molecule has 0 radical (unpaired) electrons. The summed E-state index contributed by atoms with van der Waals surface area (Å²) in [5.74, 6) is 0.779. The molecule has 0 fully saturated rings. The van der Waals surface area contributed by atoms with Crippen LogP contribution in [-0.4, -0.2) is 9.97 Å². The summed E-state index contributed by atoms with van der Waals surface area (Å²) in [6.07, 6.45) is 1.76. The van der Waals surface area contributed by atoms with Crippen molar-refractivity contribution in [2.75, 3.05) is 5.32 Å². The molecule has 0 atom stereocenters. The summed E-state index contributed by atoms with van der Waals surface area (Å²) in [6.45, 7) is 1.27. The number of nitrogens with zero attached hydrogens (tertiary/aromatic N) is 2. The molecule has 1 heterocycles. The quantitative estimate of drug-likeness (QED) is 0.760. The average Bonchev–Trinajstić information content (AvgIpc) is 2.53. The molecule has 0 aliphatic heterocycles. The van der Waals surface area contributed by atoms with E-state index in [9.17, 15) is 0 Å². The number of nitrogens with two attached hydrogens (primary N) is 1. The minimum atomic E-state index is 0.559. The SMILES string of the molecule is NCc1cccc(CNc2cnc3ccccc3n2)c1. The second-order valence-corrected chi connectivity index (χ2v) is 4.62. The highest BCUT2D eigenvalue weighted by Crippen LogP contribution is 2.12. The van der Waals surface area contributed by atoms with Gasteiger partial charge in [0.15, 0.2) is 0 Å².